The third-order valence-corrected chi connectivity index (χ3v) is 6.69. The largest absolute Gasteiger partial charge is 0.497 e. The highest BCUT2D eigenvalue weighted by molar-refractivity contribution is 5.89. The van der Waals surface area contributed by atoms with Gasteiger partial charge in [-0.15, -0.1) is 0 Å². The van der Waals surface area contributed by atoms with Gasteiger partial charge >= 0.3 is 11.7 Å². The van der Waals surface area contributed by atoms with Crippen molar-refractivity contribution >= 4 is 17.1 Å². The molecule has 1 radical (unpaired) electrons. The summed E-state index contributed by atoms with van der Waals surface area (Å²) in [5.41, 5.74) is 2.38. The van der Waals surface area contributed by atoms with Gasteiger partial charge < -0.3 is 15.0 Å². The van der Waals surface area contributed by atoms with E-state index in [1.54, 1.807) is 11.7 Å². The molecule has 1 aliphatic rings. The molecular formula is C27H35N4O3. The number of benzene rings is 2. The standard InChI is InChI=1S/C27H35N4O3/c1-20(2)30-24-8-4-5-9-25(24)31(27(30)33)26(32)28-19-22-14-17-29(18-15-22)16-6-7-21-10-12-23(34-3)13-11-21/h4-5,7-13,20,22H,6,14-19H2,1-3H3,(H,28,32). The number of rotatable bonds is 8. The van der Waals surface area contributed by atoms with Crippen molar-refractivity contribution in [2.75, 3.05) is 33.3 Å². The normalized spacial score (nSPS) is 15.2. The molecule has 1 amide bonds. The topological polar surface area (TPSA) is 68.5 Å². The van der Waals surface area contributed by atoms with Crippen LogP contribution in [0.4, 0.5) is 4.79 Å². The smallest absolute Gasteiger partial charge is 0.337 e. The lowest BCUT2D eigenvalue weighted by molar-refractivity contribution is 0.183. The Kier molecular flexibility index (Phi) is 7.73. The first-order valence-corrected chi connectivity index (χ1v) is 12.2. The summed E-state index contributed by atoms with van der Waals surface area (Å²) in [6.45, 7) is 7.61. The molecule has 1 aromatic heterocycles. The zero-order valence-corrected chi connectivity index (χ0v) is 20.4. The minimum atomic E-state index is -0.336. The molecule has 1 saturated heterocycles. The Morgan fingerprint density at radius 3 is 2.41 bits per heavy atom. The fourth-order valence-electron chi connectivity index (χ4n) is 4.74. The lowest BCUT2D eigenvalue weighted by Crippen LogP contribution is -2.42. The maximum absolute atomic E-state index is 13.0. The molecular weight excluding hydrogens is 428 g/mol. The number of likely N-dealkylation sites (tertiary alicyclic amines) is 1. The number of carbonyl (C=O) groups is 1. The van der Waals surface area contributed by atoms with Crippen LogP contribution in [0.25, 0.3) is 11.0 Å². The van der Waals surface area contributed by atoms with Gasteiger partial charge in [0.2, 0.25) is 0 Å². The Hall–Kier alpha value is -3.06. The number of hydrogen-bond donors (Lipinski definition) is 1. The first kappa shape index (κ1) is 24.1. The molecule has 0 bridgehead atoms. The van der Waals surface area contributed by atoms with Crippen molar-refractivity contribution in [1.82, 2.24) is 19.4 Å². The predicted molar refractivity (Wildman–Crippen MR) is 136 cm³/mol. The fraction of sp³-hybridized carbons (Fsp3) is 0.444. The summed E-state index contributed by atoms with van der Waals surface area (Å²) in [6, 6.07) is 15.3. The molecule has 34 heavy (non-hydrogen) atoms. The number of imidazole rings is 1. The average Bonchev–Trinajstić information content (AvgIpc) is 3.15. The van der Waals surface area contributed by atoms with Crippen LogP contribution >= 0.6 is 0 Å². The summed E-state index contributed by atoms with van der Waals surface area (Å²) in [4.78, 5) is 28.4. The number of hydrogen-bond acceptors (Lipinski definition) is 4. The molecule has 1 N–H and O–H groups in total. The molecule has 7 heteroatoms. The molecule has 1 aliphatic heterocycles. The monoisotopic (exact) mass is 463 g/mol. The van der Waals surface area contributed by atoms with Crippen molar-refractivity contribution in [3.05, 3.63) is 71.0 Å². The number of carbonyl (C=O) groups excluding carboxylic acids is 1. The van der Waals surface area contributed by atoms with Crippen LogP contribution in [0.5, 0.6) is 5.75 Å². The first-order chi connectivity index (χ1) is 16.5. The molecule has 2 heterocycles. The van der Waals surface area contributed by atoms with Gasteiger partial charge in [-0.3, -0.25) is 4.57 Å². The lowest BCUT2D eigenvalue weighted by Gasteiger charge is -2.32. The summed E-state index contributed by atoms with van der Waals surface area (Å²) in [6.07, 6.45) is 5.37. The molecule has 181 valence electrons. The number of nitrogens with one attached hydrogen (secondary N) is 1. The summed E-state index contributed by atoms with van der Waals surface area (Å²) in [7, 11) is 1.68. The average molecular weight is 464 g/mol. The second-order valence-electron chi connectivity index (χ2n) is 9.31. The van der Waals surface area contributed by atoms with Gasteiger partial charge in [-0.05, 0) is 94.9 Å². The van der Waals surface area contributed by atoms with E-state index in [1.807, 2.05) is 50.2 Å². The van der Waals surface area contributed by atoms with E-state index in [9.17, 15) is 9.59 Å². The molecule has 0 unspecified atom stereocenters. The van der Waals surface area contributed by atoms with Crippen LogP contribution < -0.4 is 15.7 Å². The number of fused-ring (bicyclic) bond motifs is 1. The number of nitrogens with zero attached hydrogens (tertiary/aromatic N) is 3. The maximum atomic E-state index is 13.0. The van der Waals surface area contributed by atoms with Gasteiger partial charge in [-0.25, -0.2) is 14.2 Å². The first-order valence-electron chi connectivity index (χ1n) is 12.2. The Labute approximate surface area is 201 Å². The molecule has 0 aliphatic carbocycles. The number of ether oxygens (including phenoxy) is 1. The van der Waals surface area contributed by atoms with Crippen LogP contribution in [0.3, 0.4) is 0 Å². The summed E-state index contributed by atoms with van der Waals surface area (Å²) in [5, 5.41) is 3.02. The van der Waals surface area contributed by atoms with E-state index in [4.69, 9.17) is 4.74 Å². The molecule has 2 aromatic carbocycles. The third-order valence-electron chi connectivity index (χ3n) is 6.69. The van der Waals surface area contributed by atoms with E-state index in [0.29, 0.717) is 18.0 Å². The number of amides is 1. The van der Waals surface area contributed by atoms with Crippen LogP contribution in [0, 0.1) is 12.3 Å². The van der Waals surface area contributed by atoms with Gasteiger partial charge in [0.1, 0.15) is 5.75 Å². The zero-order valence-electron chi connectivity index (χ0n) is 20.4. The Bertz CT molecular complexity index is 1150. The second-order valence-corrected chi connectivity index (χ2v) is 9.31. The molecule has 3 aromatic rings. The number of aromatic nitrogens is 2. The summed E-state index contributed by atoms with van der Waals surface area (Å²) >= 11 is 0. The highest BCUT2D eigenvalue weighted by Gasteiger charge is 2.22. The van der Waals surface area contributed by atoms with Crippen molar-refractivity contribution in [2.45, 2.75) is 39.2 Å². The van der Waals surface area contributed by atoms with Crippen molar-refractivity contribution in [2.24, 2.45) is 5.92 Å². The third kappa shape index (κ3) is 5.36. The van der Waals surface area contributed by atoms with Crippen molar-refractivity contribution < 1.29 is 9.53 Å². The van der Waals surface area contributed by atoms with Gasteiger partial charge in [0.25, 0.3) is 0 Å². The van der Waals surface area contributed by atoms with Gasteiger partial charge in [0.05, 0.1) is 18.1 Å². The van der Waals surface area contributed by atoms with E-state index < -0.39 is 0 Å². The summed E-state index contributed by atoms with van der Waals surface area (Å²) < 4.78 is 8.16. The highest BCUT2D eigenvalue weighted by Crippen LogP contribution is 2.19. The minimum Gasteiger partial charge on any atom is -0.497 e. The number of piperidine rings is 1. The minimum absolute atomic E-state index is 0.0160. The predicted octanol–water partition coefficient (Wildman–Crippen LogP) is 4.30. The van der Waals surface area contributed by atoms with Gasteiger partial charge in [0.15, 0.2) is 0 Å². The van der Waals surface area contributed by atoms with E-state index in [-0.39, 0.29) is 17.8 Å². The molecule has 7 nitrogen and oxygen atoms in total. The van der Waals surface area contributed by atoms with Crippen molar-refractivity contribution in [1.29, 1.82) is 0 Å². The molecule has 0 saturated carbocycles. The van der Waals surface area contributed by atoms with E-state index in [2.05, 4.69) is 28.8 Å². The van der Waals surface area contributed by atoms with Crippen molar-refractivity contribution in [3.8, 4) is 5.75 Å². The number of para-hydroxylation sites is 2. The molecule has 0 atom stereocenters. The summed E-state index contributed by atoms with van der Waals surface area (Å²) in [5.74, 6) is 1.31. The zero-order chi connectivity index (χ0) is 24.1. The quantitative estimate of drug-likeness (QED) is 0.541. The molecule has 4 rings (SSSR count). The highest BCUT2D eigenvalue weighted by atomic mass is 16.5. The molecule has 0 spiro atoms. The fourth-order valence-corrected chi connectivity index (χ4v) is 4.74. The van der Waals surface area contributed by atoms with Crippen LogP contribution in [-0.4, -0.2) is 53.4 Å². The van der Waals surface area contributed by atoms with Gasteiger partial charge in [0, 0.05) is 12.6 Å². The van der Waals surface area contributed by atoms with Gasteiger partial charge in [-0.1, -0.05) is 24.3 Å². The van der Waals surface area contributed by atoms with E-state index in [0.717, 1.165) is 50.2 Å². The van der Waals surface area contributed by atoms with Crippen molar-refractivity contribution in [3.63, 3.8) is 0 Å². The van der Waals surface area contributed by atoms with Crippen LogP contribution in [0.2, 0.25) is 0 Å². The maximum Gasteiger partial charge on any atom is 0.337 e. The van der Waals surface area contributed by atoms with Crippen LogP contribution in [0.1, 0.15) is 44.7 Å². The second kappa shape index (κ2) is 10.9. The SMILES string of the molecule is COc1ccc([CH]CCN2CCC(CNC(=O)n3c(=O)n(C(C)C)c4ccccc43)CC2)cc1. The van der Waals surface area contributed by atoms with Crippen LogP contribution in [-0.2, 0) is 0 Å². The van der Waals surface area contributed by atoms with E-state index in [1.165, 1.54) is 10.1 Å². The Morgan fingerprint density at radius 1 is 1.09 bits per heavy atom. The molecule has 1 fully saturated rings. The Morgan fingerprint density at radius 2 is 1.76 bits per heavy atom. The lowest BCUT2D eigenvalue weighted by atomic mass is 9.96. The number of methoxy groups -OCH3 is 1. The Balaban J connectivity index is 1.25. The van der Waals surface area contributed by atoms with Crippen LogP contribution in [0.15, 0.2) is 53.3 Å². The van der Waals surface area contributed by atoms with E-state index >= 15 is 0 Å². The van der Waals surface area contributed by atoms with Gasteiger partial charge in [-0.2, -0.15) is 0 Å².